The summed E-state index contributed by atoms with van der Waals surface area (Å²) in [6.45, 7) is 0.753. The van der Waals surface area contributed by atoms with Gasteiger partial charge in [-0.25, -0.2) is 9.97 Å². The maximum Gasteiger partial charge on any atom is 0.256 e. The fourth-order valence-corrected chi connectivity index (χ4v) is 2.64. The van der Waals surface area contributed by atoms with Crippen molar-refractivity contribution >= 4 is 22.6 Å². The second-order valence-corrected chi connectivity index (χ2v) is 5.48. The smallest absolute Gasteiger partial charge is 0.256 e. The van der Waals surface area contributed by atoms with Crippen molar-refractivity contribution in [1.29, 1.82) is 0 Å². The first kappa shape index (κ1) is 14.2. The number of nitrogens with zero attached hydrogens (tertiary/aromatic N) is 3. The summed E-state index contributed by atoms with van der Waals surface area (Å²) in [6, 6.07) is 11.4. The van der Waals surface area contributed by atoms with Gasteiger partial charge in [-0.1, -0.05) is 12.1 Å². The Morgan fingerprint density at radius 3 is 2.79 bits per heavy atom. The highest BCUT2D eigenvalue weighted by Gasteiger charge is 2.11. The molecule has 0 unspecified atom stereocenters. The maximum atomic E-state index is 12.5. The number of carbonyl (C=O) groups excluding carboxylic acids is 1. The number of imidazole rings is 1. The molecule has 24 heavy (non-hydrogen) atoms. The maximum absolute atomic E-state index is 12.5. The third kappa shape index (κ3) is 2.77. The highest BCUT2D eigenvalue weighted by molar-refractivity contribution is 6.11. The molecular formula is C18H15N5O. The number of benzene rings is 1. The first-order valence-corrected chi connectivity index (χ1v) is 7.58. The molecule has 4 rings (SSSR count). The first-order chi connectivity index (χ1) is 11.8. The minimum Gasteiger partial charge on any atom is -0.346 e. The van der Waals surface area contributed by atoms with Crippen molar-refractivity contribution in [2.24, 2.45) is 0 Å². The lowest BCUT2D eigenvalue weighted by molar-refractivity contribution is 0.102. The minimum absolute atomic E-state index is 0.149. The molecule has 6 heteroatoms. The van der Waals surface area contributed by atoms with Crippen LogP contribution in [0.25, 0.3) is 11.0 Å². The van der Waals surface area contributed by atoms with Gasteiger partial charge in [0.1, 0.15) is 5.65 Å². The highest BCUT2D eigenvalue weighted by Crippen LogP contribution is 2.17. The molecule has 0 saturated heterocycles. The largest absolute Gasteiger partial charge is 0.346 e. The van der Waals surface area contributed by atoms with Gasteiger partial charge < -0.3 is 14.9 Å². The van der Waals surface area contributed by atoms with Gasteiger partial charge in [0.05, 0.1) is 11.9 Å². The Morgan fingerprint density at radius 1 is 1.12 bits per heavy atom. The van der Waals surface area contributed by atoms with Gasteiger partial charge in [-0.2, -0.15) is 0 Å². The lowest BCUT2D eigenvalue weighted by atomic mass is 10.1. The van der Waals surface area contributed by atoms with E-state index in [9.17, 15) is 4.79 Å². The normalized spacial score (nSPS) is 10.8. The molecule has 0 aliphatic carbocycles. The van der Waals surface area contributed by atoms with E-state index in [1.807, 2.05) is 41.1 Å². The van der Waals surface area contributed by atoms with Crippen LogP contribution in [0.4, 0.5) is 5.69 Å². The van der Waals surface area contributed by atoms with Gasteiger partial charge in [-0.15, -0.1) is 0 Å². The lowest BCUT2D eigenvalue weighted by Gasteiger charge is -2.08. The quantitative estimate of drug-likeness (QED) is 0.607. The molecule has 118 valence electrons. The van der Waals surface area contributed by atoms with Crippen LogP contribution in [-0.4, -0.2) is 25.4 Å². The van der Waals surface area contributed by atoms with Crippen molar-refractivity contribution in [3.05, 3.63) is 78.6 Å². The van der Waals surface area contributed by atoms with Crippen molar-refractivity contribution in [1.82, 2.24) is 19.5 Å². The van der Waals surface area contributed by atoms with Crippen LogP contribution in [0.1, 0.15) is 15.9 Å². The van der Waals surface area contributed by atoms with E-state index in [-0.39, 0.29) is 5.91 Å². The molecular weight excluding hydrogens is 302 g/mol. The topological polar surface area (TPSA) is 75.6 Å². The Labute approximate surface area is 138 Å². The second-order valence-electron chi connectivity index (χ2n) is 5.48. The number of aromatic nitrogens is 4. The van der Waals surface area contributed by atoms with Crippen molar-refractivity contribution in [2.75, 3.05) is 5.32 Å². The Kier molecular flexibility index (Phi) is 3.55. The number of fused-ring (bicyclic) bond motifs is 1. The molecule has 0 spiro atoms. The molecule has 3 heterocycles. The molecule has 0 atom stereocenters. The molecule has 1 aromatic carbocycles. The van der Waals surface area contributed by atoms with Crippen LogP contribution in [0.3, 0.4) is 0 Å². The van der Waals surface area contributed by atoms with E-state index < -0.39 is 0 Å². The number of pyridine rings is 1. The van der Waals surface area contributed by atoms with Gasteiger partial charge >= 0.3 is 0 Å². The summed E-state index contributed by atoms with van der Waals surface area (Å²) in [4.78, 5) is 23.7. The predicted octanol–water partition coefficient (Wildman–Crippen LogP) is 3.06. The van der Waals surface area contributed by atoms with Crippen LogP contribution in [0.5, 0.6) is 0 Å². The molecule has 1 amide bonds. The Balaban J connectivity index is 1.50. The standard InChI is InChI=1S/C18H15N5O/c24-18(16-6-8-21-17-15(16)5-7-20-17)22-14-3-1-13(2-4-14)11-23-10-9-19-12-23/h1-10,12H,11H2,(H,20,21)(H,22,24). The summed E-state index contributed by atoms with van der Waals surface area (Å²) in [6.07, 6.45) is 8.86. The molecule has 0 aliphatic rings. The van der Waals surface area contributed by atoms with E-state index in [0.29, 0.717) is 11.2 Å². The van der Waals surface area contributed by atoms with E-state index in [0.717, 1.165) is 23.2 Å². The van der Waals surface area contributed by atoms with Crippen LogP contribution in [0.2, 0.25) is 0 Å². The van der Waals surface area contributed by atoms with Gasteiger partial charge in [0.2, 0.25) is 0 Å². The van der Waals surface area contributed by atoms with E-state index in [1.54, 1.807) is 31.0 Å². The summed E-state index contributed by atoms with van der Waals surface area (Å²) in [7, 11) is 0. The molecule has 3 aromatic heterocycles. The number of anilines is 1. The molecule has 6 nitrogen and oxygen atoms in total. The summed E-state index contributed by atoms with van der Waals surface area (Å²) >= 11 is 0. The fourth-order valence-electron chi connectivity index (χ4n) is 2.64. The van der Waals surface area contributed by atoms with Crippen LogP contribution >= 0.6 is 0 Å². The van der Waals surface area contributed by atoms with Gasteiger partial charge in [-0.3, -0.25) is 4.79 Å². The van der Waals surface area contributed by atoms with Gasteiger partial charge in [0.25, 0.3) is 5.91 Å². The van der Waals surface area contributed by atoms with Gasteiger partial charge in [0, 0.05) is 42.4 Å². The van der Waals surface area contributed by atoms with E-state index in [4.69, 9.17) is 0 Å². The average molecular weight is 317 g/mol. The lowest BCUT2D eigenvalue weighted by Crippen LogP contribution is -2.12. The number of aromatic amines is 1. The number of amides is 1. The molecule has 2 N–H and O–H groups in total. The summed E-state index contributed by atoms with van der Waals surface area (Å²) < 4.78 is 1.99. The SMILES string of the molecule is O=C(Nc1ccc(Cn2ccnc2)cc1)c1ccnc2[nH]ccc12. The minimum atomic E-state index is -0.149. The number of H-pyrrole nitrogens is 1. The summed E-state index contributed by atoms with van der Waals surface area (Å²) in [5, 5.41) is 3.74. The van der Waals surface area contributed by atoms with Crippen molar-refractivity contribution in [3.8, 4) is 0 Å². The van der Waals surface area contributed by atoms with Gasteiger partial charge in [-0.05, 0) is 29.8 Å². The Bertz CT molecular complexity index is 970. The molecule has 4 aromatic rings. The Hall–Kier alpha value is -3.41. The number of carbonyl (C=O) groups is 1. The van der Waals surface area contributed by atoms with Crippen LogP contribution < -0.4 is 5.32 Å². The molecule has 0 radical (unpaired) electrons. The second kappa shape index (κ2) is 6.00. The zero-order valence-corrected chi connectivity index (χ0v) is 12.8. The molecule has 0 bridgehead atoms. The first-order valence-electron chi connectivity index (χ1n) is 7.58. The average Bonchev–Trinajstić information content (AvgIpc) is 3.27. The number of hydrogen-bond donors (Lipinski definition) is 2. The number of hydrogen-bond acceptors (Lipinski definition) is 3. The van der Waals surface area contributed by atoms with Crippen molar-refractivity contribution in [2.45, 2.75) is 6.54 Å². The van der Waals surface area contributed by atoms with Crippen molar-refractivity contribution in [3.63, 3.8) is 0 Å². The molecule has 0 saturated carbocycles. The van der Waals surface area contributed by atoms with Crippen LogP contribution in [0.15, 0.2) is 67.5 Å². The van der Waals surface area contributed by atoms with E-state index in [1.165, 1.54) is 0 Å². The van der Waals surface area contributed by atoms with Crippen LogP contribution in [-0.2, 0) is 6.54 Å². The van der Waals surface area contributed by atoms with Crippen molar-refractivity contribution < 1.29 is 4.79 Å². The zero-order chi connectivity index (χ0) is 16.4. The number of nitrogens with one attached hydrogen (secondary N) is 2. The third-order valence-corrected chi connectivity index (χ3v) is 3.84. The molecule has 0 aliphatic heterocycles. The summed E-state index contributed by atoms with van der Waals surface area (Å²) in [5.74, 6) is -0.149. The highest BCUT2D eigenvalue weighted by atomic mass is 16.1. The zero-order valence-electron chi connectivity index (χ0n) is 12.8. The molecule has 0 fully saturated rings. The number of rotatable bonds is 4. The van der Waals surface area contributed by atoms with Crippen LogP contribution in [0, 0.1) is 0 Å². The Morgan fingerprint density at radius 2 is 2.00 bits per heavy atom. The predicted molar refractivity (Wildman–Crippen MR) is 91.8 cm³/mol. The van der Waals surface area contributed by atoms with Gasteiger partial charge in [0.15, 0.2) is 0 Å². The van der Waals surface area contributed by atoms with E-state index >= 15 is 0 Å². The summed E-state index contributed by atoms with van der Waals surface area (Å²) in [5.41, 5.74) is 3.21. The monoisotopic (exact) mass is 317 g/mol. The third-order valence-electron chi connectivity index (χ3n) is 3.84. The fraction of sp³-hybridized carbons (Fsp3) is 0.0556. The van der Waals surface area contributed by atoms with E-state index in [2.05, 4.69) is 20.3 Å².